The number of likely N-dealkylation sites (N-methyl/N-ethyl adjacent to an activating group) is 1. The molecule has 0 radical (unpaired) electrons. The van der Waals surface area contributed by atoms with Gasteiger partial charge in [0.05, 0.1) is 29.1 Å². The van der Waals surface area contributed by atoms with E-state index < -0.39 is 9.84 Å². The lowest BCUT2D eigenvalue weighted by molar-refractivity contribution is -0.133. The van der Waals surface area contributed by atoms with Crippen LogP contribution in [0, 0.1) is 0 Å². The van der Waals surface area contributed by atoms with Crippen molar-refractivity contribution in [1.82, 2.24) is 25.1 Å². The van der Waals surface area contributed by atoms with Gasteiger partial charge in [0, 0.05) is 50.1 Å². The summed E-state index contributed by atoms with van der Waals surface area (Å²) < 4.78 is 23.5. The minimum atomic E-state index is -3.27. The summed E-state index contributed by atoms with van der Waals surface area (Å²) in [7, 11) is -3.27. The van der Waals surface area contributed by atoms with Crippen molar-refractivity contribution in [1.29, 1.82) is 0 Å². The quantitative estimate of drug-likeness (QED) is 0.264. The van der Waals surface area contributed by atoms with E-state index >= 15 is 0 Å². The molecule has 226 valence electrons. The Labute approximate surface area is 253 Å². The summed E-state index contributed by atoms with van der Waals surface area (Å²) in [4.78, 5) is 38.3. The first-order valence-electron chi connectivity index (χ1n) is 14.8. The smallest absolute Gasteiger partial charge is 0.268 e. The van der Waals surface area contributed by atoms with Crippen molar-refractivity contribution in [2.75, 3.05) is 32.4 Å². The SMILES string of the molecule is CCN(C(=O)Cc1ccc(S(C)(=O)=O)cc1)C1CCN(CC[C@H](NC(=O)c2cc3ccncc3[nH]2)c2ccccc2)CC1. The molecule has 10 heteroatoms. The summed E-state index contributed by atoms with van der Waals surface area (Å²) in [5, 5.41) is 4.18. The van der Waals surface area contributed by atoms with Gasteiger partial charge in [0.25, 0.3) is 5.91 Å². The van der Waals surface area contributed by atoms with Crippen LogP contribution in [-0.4, -0.2) is 78.5 Å². The molecule has 0 aliphatic carbocycles. The first-order chi connectivity index (χ1) is 20.7. The van der Waals surface area contributed by atoms with Crippen LogP contribution in [0.15, 0.2) is 84.0 Å². The van der Waals surface area contributed by atoms with Crippen LogP contribution in [-0.2, 0) is 21.1 Å². The Hall–Kier alpha value is -4.02. The molecule has 1 fully saturated rings. The Bertz CT molecular complexity index is 1610. The standard InChI is InChI=1S/C33H39N5O4S/c1-3-38(32(39)21-24-9-11-28(12-10-24)43(2,41)42)27-14-18-37(19-15-27)20-16-29(25-7-5-4-6-8-25)36-33(40)30-22-26-13-17-34-23-31(26)35-30/h4-13,17,22-23,27,29,35H,3,14-16,18-21H2,1-2H3,(H,36,40)/t29-/m0/s1. The van der Waals surface area contributed by atoms with Crippen LogP contribution in [0.25, 0.3) is 10.9 Å². The summed E-state index contributed by atoms with van der Waals surface area (Å²) in [6.07, 6.45) is 7.40. The number of rotatable bonds is 11. The molecule has 3 heterocycles. The van der Waals surface area contributed by atoms with Gasteiger partial charge in [-0.2, -0.15) is 0 Å². The predicted octanol–water partition coefficient (Wildman–Crippen LogP) is 4.38. The molecular formula is C33H39N5O4S. The molecule has 4 aromatic rings. The van der Waals surface area contributed by atoms with Crippen LogP contribution >= 0.6 is 0 Å². The van der Waals surface area contributed by atoms with Gasteiger partial charge in [-0.25, -0.2) is 8.42 Å². The number of likely N-dealkylation sites (tertiary alicyclic amines) is 1. The fourth-order valence-electron chi connectivity index (χ4n) is 5.87. The number of amides is 2. The second kappa shape index (κ2) is 13.5. The van der Waals surface area contributed by atoms with E-state index in [1.807, 2.05) is 54.3 Å². The third kappa shape index (κ3) is 7.69. The molecule has 0 spiro atoms. The maximum atomic E-state index is 13.2. The summed E-state index contributed by atoms with van der Waals surface area (Å²) in [5.74, 6) is -0.0838. The Morgan fingerprint density at radius 1 is 1.07 bits per heavy atom. The van der Waals surface area contributed by atoms with Gasteiger partial charge in [0.15, 0.2) is 9.84 Å². The molecule has 1 saturated heterocycles. The number of aromatic nitrogens is 2. The third-order valence-corrected chi connectivity index (χ3v) is 9.40. The molecule has 1 aliphatic rings. The molecular weight excluding hydrogens is 562 g/mol. The van der Waals surface area contributed by atoms with Gasteiger partial charge in [-0.05, 0) is 61.6 Å². The van der Waals surface area contributed by atoms with Gasteiger partial charge in [-0.1, -0.05) is 42.5 Å². The average Bonchev–Trinajstić information content (AvgIpc) is 3.45. The van der Waals surface area contributed by atoms with E-state index in [2.05, 4.69) is 20.2 Å². The number of aromatic amines is 1. The number of carbonyl (C=O) groups is 2. The molecule has 2 aromatic carbocycles. The minimum Gasteiger partial charge on any atom is -0.349 e. The monoisotopic (exact) mass is 601 g/mol. The first-order valence-corrected chi connectivity index (χ1v) is 16.7. The number of nitrogens with zero attached hydrogens (tertiary/aromatic N) is 3. The van der Waals surface area contributed by atoms with Gasteiger partial charge >= 0.3 is 0 Å². The highest BCUT2D eigenvalue weighted by molar-refractivity contribution is 7.90. The van der Waals surface area contributed by atoms with Gasteiger partial charge in [-0.3, -0.25) is 14.6 Å². The van der Waals surface area contributed by atoms with Gasteiger partial charge in [-0.15, -0.1) is 0 Å². The van der Waals surface area contributed by atoms with Gasteiger partial charge < -0.3 is 20.1 Å². The van der Waals surface area contributed by atoms with Crippen molar-refractivity contribution < 1.29 is 18.0 Å². The summed E-state index contributed by atoms with van der Waals surface area (Å²) in [6, 6.07) is 20.4. The number of nitrogens with one attached hydrogen (secondary N) is 2. The molecule has 2 N–H and O–H groups in total. The van der Waals surface area contributed by atoms with Crippen LogP contribution in [0.5, 0.6) is 0 Å². The Balaban J connectivity index is 1.16. The number of hydrogen-bond donors (Lipinski definition) is 2. The fraction of sp³-hybridized carbons (Fsp3) is 0.364. The van der Waals surface area contributed by atoms with Crippen LogP contribution in [0.2, 0.25) is 0 Å². The van der Waals surface area contributed by atoms with Crippen molar-refractivity contribution in [3.05, 3.63) is 95.9 Å². The number of H-pyrrole nitrogens is 1. The molecule has 0 saturated carbocycles. The minimum absolute atomic E-state index is 0.0627. The lowest BCUT2D eigenvalue weighted by Gasteiger charge is -2.38. The fourth-order valence-corrected chi connectivity index (χ4v) is 6.50. The topological polar surface area (TPSA) is 115 Å². The van der Waals surface area contributed by atoms with E-state index in [-0.39, 0.29) is 35.2 Å². The van der Waals surface area contributed by atoms with Crippen LogP contribution < -0.4 is 5.32 Å². The van der Waals surface area contributed by atoms with Gasteiger partial charge in [0.1, 0.15) is 5.69 Å². The van der Waals surface area contributed by atoms with Crippen molar-refractivity contribution in [3.63, 3.8) is 0 Å². The van der Waals surface area contributed by atoms with Crippen molar-refractivity contribution >= 4 is 32.6 Å². The number of benzene rings is 2. The molecule has 1 aliphatic heterocycles. The number of sulfone groups is 1. The van der Waals surface area contributed by atoms with E-state index in [1.165, 1.54) is 6.26 Å². The van der Waals surface area contributed by atoms with Crippen molar-refractivity contribution in [2.24, 2.45) is 0 Å². The number of fused-ring (bicyclic) bond motifs is 1. The summed E-state index contributed by atoms with van der Waals surface area (Å²) in [6.45, 7) is 5.23. The zero-order valence-electron chi connectivity index (χ0n) is 24.7. The third-order valence-electron chi connectivity index (χ3n) is 8.28. The highest BCUT2D eigenvalue weighted by Gasteiger charge is 2.28. The average molecular weight is 602 g/mol. The van der Waals surface area contributed by atoms with Crippen LogP contribution in [0.4, 0.5) is 0 Å². The lowest BCUT2D eigenvalue weighted by Crippen LogP contribution is -2.48. The number of hydrogen-bond acceptors (Lipinski definition) is 6. The lowest BCUT2D eigenvalue weighted by atomic mass is 9.99. The molecule has 43 heavy (non-hydrogen) atoms. The van der Waals surface area contributed by atoms with E-state index in [9.17, 15) is 18.0 Å². The number of carbonyl (C=O) groups excluding carboxylic acids is 2. The zero-order chi connectivity index (χ0) is 30.4. The van der Waals surface area contributed by atoms with E-state index in [0.717, 1.165) is 60.9 Å². The highest BCUT2D eigenvalue weighted by atomic mass is 32.2. The summed E-state index contributed by atoms with van der Waals surface area (Å²) >= 11 is 0. The second-order valence-electron chi connectivity index (χ2n) is 11.2. The maximum Gasteiger partial charge on any atom is 0.268 e. The number of piperidine rings is 1. The number of pyridine rings is 1. The largest absolute Gasteiger partial charge is 0.349 e. The van der Waals surface area contributed by atoms with Crippen LogP contribution in [0.1, 0.15) is 53.8 Å². The molecule has 2 amide bonds. The predicted molar refractivity (Wildman–Crippen MR) is 167 cm³/mol. The molecule has 0 bridgehead atoms. The van der Waals surface area contributed by atoms with Crippen LogP contribution in [0.3, 0.4) is 0 Å². The maximum absolute atomic E-state index is 13.2. The summed E-state index contributed by atoms with van der Waals surface area (Å²) in [5.41, 5.74) is 3.22. The Morgan fingerprint density at radius 2 is 1.79 bits per heavy atom. The zero-order valence-corrected chi connectivity index (χ0v) is 25.5. The van der Waals surface area contributed by atoms with E-state index in [4.69, 9.17) is 0 Å². The molecule has 5 rings (SSSR count). The highest BCUT2D eigenvalue weighted by Crippen LogP contribution is 2.23. The van der Waals surface area contributed by atoms with E-state index in [0.29, 0.717) is 12.2 Å². The normalized spacial score (nSPS) is 15.3. The molecule has 1 atom stereocenters. The molecule has 2 aromatic heterocycles. The van der Waals surface area contributed by atoms with Crippen molar-refractivity contribution in [2.45, 2.75) is 49.6 Å². The second-order valence-corrected chi connectivity index (χ2v) is 13.2. The molecule has 9 nitrogen and oxygen atoms in total. The first kappa shape index (κ1) is 30.4. The van der Waals surface area contributed by atoms with Crippen molar-refractivity contribution in [3.8, 4) is 0 Å². The van der Waals surface area contributed by atoms with Gasteiger partial charge in [0.2, 0.25) is 5.91 Å². The Morgan fingerprint density at radius 3 is 2.44 bits per heavy atom. The molecule has 0 unspecified atom stereocenters. The Kier molecular flexibility index (Phi) is 9.57. The van der Waals surface area contributed by atoms with E-state index in [1.54, 1.807) is 36.7 Å².